The number of benzene rings is 1. The van der Waals surface area contributed by atoms with Gasteiger partial charge in [-0.25, -0.2) is 4.79 Å². The summed E-state index contributed by atoms with van der Waals surface area (Å²) in [6.07, 6.45) is 0.228. The maximum atomic E-state index is 12.6. The molecule has 0 saturated carbocycles. The summed E-state index contributed by atoms with van der Waals surface area (Å²) in [5, 5.41) is 8.69. The fourth-order valence-electron chi connectivity index (χ4n) is 2.51. The van der Waals surface area contributed by atoms with E-state index in [-0.39, 0.29) is 6.04 Å². The van der Waals surface area contributed by atoms with Crippen molar-refractivity contribution in [1.29, 1.82) is 0 Å². The first-order valence-corrected chi connectivity index (χ1v) is 8.98. The van der Waals surface area contributed by atoms with Crippen LogP contribution in [0.25, 0.3) is 0 Å². The highest BCUT2D eigenvalue weighted by Gasteiger charge is 2.36. The summed E-state index contributed by atoms with van der Waals surface area (Å²) in [4.78, 5) is 13.7. The van der Waals surface area contributed by atoms with Gasteiger partial charge >= 0.3 is 6.09 Å². The number of carbonyl (C=O) groups excluding carboxylic acids is 1. The molecular formula is C18H19ClN2O2S. The van der Waals surface area contributed by atoms with Crippen molar-refractivity contribution in [3.8, 4) is 0 Å². The zero-order valence-electron chi connectivity index (χ0n) is 13.8. The molecule has 1 aromatic heterocycles. The normalized spacial score (nSPS) is 17.8. The number of carbonyl (C=O) groups is 1. The molecule has 6 heteroatoms. The van der Waals surface area contributed by atoms with E-state index in [0.29, 0.717) is 11.4 Å². The Hall–Kier alpha value is -1.85. The number of hydrazone groups is 1. The number of hydrogen-bond donors (Lipinski definition) is 0. The lowest BCUT2D eigenvalue weighted by Gasteiger charge is -2.25. The van der Waals surface area contributed by atoms with Crippen molar-refractivity contribution >= 4 is 34.7 Å². The van der Waals surface area contributed by atoms with Gasteiger partial charge in [0.15, 0.2) is 0 Å². The minimum absolute atomic E-state index is 0.134. The average molecular weight is 363 g/mol. The van der Waals surface area contributed by atoms with Gasteiger partial charge in [0.25, 0.3) is 0 Å². The molecule has 1 atom stereocenters. The van der Waals surface area contributed by atoms with Gasteiger partial charge in [-0.1, -0.05) is 29.8 Å². The zero-order valence-corrected chi connectivity index (χ0v) is 15.4. The largest absolute Gasteiger partial charge is 0.442 e. The molecule has 126 valence electrons. The summed E-state index contributed by atoms with van der Waals surface area (Å²) in [5.74, 6) is 0. The SMILES string of the molecule is CC(C)(C)OC(=O)N1N=C(c2ccc(Cl)cc2)CC1c1cccs1. The lowest BCUT2D eigenvalue weighted by Crippen LogP contribution is -2.33. The maximum absolute atomic E-state index is 12.6. The van der Waals surface area contributed by atoms with Crippen LogP contribution < -0.4 is 0 Å². The molecule has 2 heterocycles. The number of amides is 1. The number of rotatable bonds is 2. The first-order valence-electron chi connectivity index (χ1n) is 7.72. The Labute approximate surface area is 150 Å². The molecule has 0 aliphatic carbocycles. The van der Waals surface area contributed by atoms with Crippen LogP contribution in [-0.4, -0.2) is 22.4 Å². The Balaban J connectivity index is 1.91. The molecule has 1 unspecified atom stereocenters. The molecule has 3 rings (SSSR count). The Morgan fingerprint density at radius 3 is 2.58 bits per heavy atom. The Bertz CT molecular complexity index is 748. The van der Waals surface area contributed by atoms with Crippen LogP contribution in [0.3, 0.4) is 0 Å². The molecule has 0 radical (unpaired) electrons. The second kappa shape index (κ2) is 6.57. The second-order valence-electron chi connectivity index (χ2n) is 6.61. The number of halogens is 1. The van der Waals surface area contributed by atoms with Gasteiger partial charge in [0.05, 0.1) is 11.8 Å². The van der Waals surface area contributed by atoms with Crippen molar-refractivity contribution in [1.82, 2.24) is 5.01 Å². The van der Waals surface area contributed by atoms with E-state index < -0.39 is 11.7 Å². The molecule has 0 N–H and O–H groups in total. The predicted molar refractivity (Wildman–Crippen MR) is 97.7 cm³/mol. The molecule has 0 saturated heterocycles. The lowest BCUT2D eigenvalue weighted by molar-refractivity contribution is 0.0198. The molecule has 1 aliphatic rings. The summed E-state index contributed by atoms with van der Waals surface area (Å²) >= 11 is 7.57. The van der Waals surface area contributed by atoms with E-state index >= 15 is 0 Å². The van der Waals surface area contributed by atoms with Crippen molar-refractivity contribution in [2.24, 2.45) is 5.10 Å². The van der Waals surface area contributed by atoms with E-state index in [1.165, 1.54) is 5.01 Å². The highest BCUT2D eigenvalue weighted by molar-refractivity contribution is 7.10. The molecule has 2 aromatic rings. The average Bonchev–Trinajstić information content (AvgIpc) is 3.15. The van der Waals surface area contributed by atoms with Crippen LogP contribution in [0.4, 0.5) is 4.79 Å². The third kappa shape index (κ3) is 3.79. The smallest absolute Gasteiger partial charge is 0.431 e. The second-order valence-corrected chi connectivity index (χ2v) is 8.03. The third-order valence-electron chi connectivity index (χ3n) is 3.54. The van der Waals surface area contributed by atoms with E-state index in [9.17, 15) is 4.79 Å². The van der Waals surface area contributed by atoms with Crippen LogP contribution in [0.5, 0.6) is 0 Å². The zero-order chi connectivity index (χ0) is 17.3. The minimum atomic E-state index is -0.560. The summed E-state index contributed by atoms with van der Waals surface area (Å²) in [6.45, 7) is 5.56. The Morgan fingerprint density at radius 2 is 2.00 bits per heavy atom. The van der Waals surface area contributed by atoms with Gasteiger partial charge in [-0.15, -0.1) is 11.3 Å². The standard InChI is InChI=1S/C18H19ClN2O2S/c1-18(2,3)23-17(22)21-15(16-5-4-10-24-16)11-14(20-21)12-6-8-13(19)9-7-12/h4-10,15H,11H2,1-3H3. The van der Waals surface area contributed by atoms with Crippen LogP contribution in [0, 0.1) is 0 Å². The van der Waals surface area contributed by atoms with E-state index in [2.05, 4.69) is 5.10 Å². The van der Waals surface area contributed by atoms with Crippen LogP contribution in [-0.2, 0) is 4.74 Å². The quantitative estimate of drug-likeness (QED) is 0.709. The van der Waals surface area contributed by atoms with Crippen LogP contribution in [0.15, 0.2) is 46.9 Å². The van der Waals surface area contributed by atoms with E-state index in [1.807, 2.05) is 62.5 Å². The summed E-state index contributed by atoms with van der Waals surface area (Å²) in [7, 11) is 0. The van der Waals surface area contributed by atoms with Crippen LogP contribution in [0.2, 0.25) is 5.02 Å². The lowest BCUT2D eigenvalue weighted by atomic mass is 10.0. The molecule has 0 bridgehead atoms. The van der Waals surface area contributed by atoms with Crippen molar-refractivity contribution in [3.05, 3.63) is 57.2 Å². The molecule has 1 amide bonds. The molecule has 1 aromatic carbocycles. The highest BCUT2D eigenvalue weighted by atomic mass is 35.5. The van der Waals surface area contributed by atoms with Gasteiger partial charge in [0.2, 0.25) is 0 Å². The summed E-state index contributed by atoms with van der Waals surface area (Å²) in [5.41, 5.74) is 1.26. The molecule has 24 heavy (non-hydrogen) atoms. The number of ether oxygens (including phenoxy) is 1. The Morgan fingerprint density at radius 1 is 1.29 bits per heavy atom. The molecule has 0 fully saturated rings. The van der Waals surface area contributed by atoms with Crippen LogP contribution >= 0.6 is 22.9 Å². The first kappa shape index (κ1) is 17.0. The first-order chi connectivity index (χ1) is 11.3. The fourth-order valence-corrected chi connectivity index (χ4v) is 3.44. The number of thiophene rings is 1. The predicted octanol–water partition coefficient (Wildman–Crippen LogP) is 5.49. The monoisotopic (exact) mass is 362 g/mol. The van der Waals surface area contributed by atoms with Gasteiger partial charge in [-0.3, -0.25) is 0 Å². The molecule has 0 spiro atoms. The molecule has 1 aliphatic heterocycles. The number of nitrogens with zero attached hydrogens (tertiary/aromatic N) is 2. The van der Waals surface area contributed by atoms with Crippen LogP contribution in [0.1, 0.15) is 43.7 Å². The van der Waals surface area contributed by atoms with Gasteiger partial charge in [-0.05, 0) is 49.9 Å². The molecular weight excluding hydrogens is 344 g/mol. The van der Waals surface area contributed by atoms with Gasteiger partial charge in [-0.2, -0.15) is 10.1 Å². The van der Waals surface area contributed by atoms with Crippen molar-refractivity contribution in [2.45, 2.75) is 38.8 Å². The van der Waals surface area contributed by atoms with Crippen molar-refractivity contribution in [2.75, 3.05) is 0 Å². The van der Waals surface area contributed by atoms with E-state index in [4.69, 9.17) is 16.3 Å². The maximum Gasteiger partial charge on any atom is 0.431 e. The third-order valence-corrected chi connectivity index (χ3v) is 4.77. The summed E-state index contributed by atoms with van der Waals surface area (Å²) < 4.78 is 5.52. The summed E-state index contributed by atoms with van der Waals surface area (Å²) in [6, 6.07) is 11.4. The van der Waals surface area contributed by atoms with E-state index in [0.717, 1.165) is 16.2 Å². The van der Waals surface area contributed by atoms with Crippen molar-refractivity contribution in [3.63, 3.8) is 0 Å². The van der Waals surface area contributed by atoms with E-state index in [1.54, 1.807) is 11.3 Å². The fraction of sp³-hybridized carbons (Fsp3) is 0.333. The minimum Gasteiger partial charge on any atom is -0.442 e. The van der Waals surface area contributed by atoms with Gasteiger partial charge in [0, 0.05) is 16.3 Å². The molecule has 4 nitrogen and oxygen atoms in total. The number of hydrogen-bond acceptors (Lipinski definition) is 4. The Kier molecular flexibility index (Phi) is 4.65. The van der Waals surface area contributed by atoms with Gasteiger partial charge in [0.1, 0.15) is 5.60 Å². The highest BCUT2D eigenvalue weighted by Crippen LogP contribution is 2.36. The van der Waals surface area contributed by atoms with Crippen molar-refractivity contribution < 1.29 is 9.53 Å². The topological polar surface area (TPSA) is 41.9 Å². The van der Waals surface area contributed by atoms with Gasteiger partial charge < -0.3 is 4.74 Å².